The van der Waals surface area contributed by atoms with Crippen LogP contribution in [0.5, 0.6) is 5.75 Å². The number of ether oxygens (including phenoxy) is 1. The highest BCUT2D eigenvalue weighted by Gasteiger charge is 2.09. The molecule has 0 fully saturated rings. The molecule has 22 heavy (non-hydrogen) atoms. The third-order valence-corrected chi connectivity index (χ3v) is 4.04. The zero-order valence-corrected chi connectivity index (χ0v) is 14.0. The molecule has 5 heteroatoms. The van der Waals surface area contributed by atoms with Gasteiger partial charge in [-0.3, -0.25) is 4.79 Å². The van der Waals surface area contributed by atoms with Gasteiger partial charge in [0.05, 0.1) is 17.2 Å². The zero-order valence-electron chi connectivity index (χ0n) is 12.5. The first-order chi connectivity index (χ1) is 10.5. The van der Waals surface area contributed by atoms with Crippen molar-refractivity contribution in [1.29, 1.82) is 0 Å². The van der Waals surface area contributed by atoms with Gasteiger partial charge >= 0.3 is 0 Å². The molecule has 0 aromatic heterocycles. The second-order valence-corrected chi connectivity index (χ2v) is 5.76. The molecule has 0 unspecified atom stereocenters. The van der Waals surface area contributed by atoms with E-state index < -0.39 is 0 Å². The van der Waals surface area contributed by atoms with Crippen molar-refractivity contribution in [2.24, 2.45) is 0 Å². The summed E-state index contributed by atoms with van der Waals surface area (Å²) in [5.41, 5.74) is 2.72. The number of carbonyl (C=O) groups is 1. The SMILES string of the molecule is COc1ccc(C)cc1CCNC(=O)c1ccc(Cl)c(Cl)c1. The Balaban J connectivity index is 1.97. The highest BCUT2D eigenvalue weighted by Crippen LogP contribution is 2.23. The van der Waals surface area contributed by atoms with Crippen LogP contribution in [0, 0.1) is 6.92 Å². The third-order valence-electron chi connectivity index (χ3n) is 3.30. The van der Waals surface area contributed by atoms with Crippen molar-refractivity contribution < 1.29 is 9.53 Å². The van der Waals surface area contributed by atoms with Crippen LogP contribution in [-0.2, 0) is 6.42 Å². The molecule has 2 aromatic rings. The Morgan fingerprint density at radius 2 is 1.91 bits per heavy atom. The maximum atomic E-state index is 12.1. The molecule has 0 atom stereocenters. The monoisotopic (exact) mass is 337 g/mol. The van der Waals surface area contributed by atoms with Gasteiger partial charge in [0, 0.05) is 12.1 Å². The highest BCUT2D eigenvalue weighted by molar-refractivity contribution is 6.42. The van der Waals surface area contributed by atoms with E-state index in [4.69, 9.17) is 27.9 Å². The van der Waals surface area contributed by atoms with E-state index in [0.29, 0.717) is 28.6 Å². The molecular weight excluding hydrogens is 321 g/mol. The minimum Gasteiger partial charge on any atom is -0.496 e. The Morgan fingerprint density at radius 1 is 1.14 bits per heavy atom. The van der Waals surface area contributed by atoms with Crippen LogP contribution in [0.2, 0.25) is 10.0 Å². The van der Waals surface area contributed by atoms with Crippen molar-refractivity contribution >= 4 is 29.1 Å². The molecular formula is C17H17Cl2NO2. The van der Waals surface area contributed by atoms with E-state index >= 15 is 0 Å². The minimum atomic E-state index is -0.176. The molecule has 1 amide bonds. The van der Waals surface area contributed by atoms with Crippen molar-refractivity contribution in [3.8, 4) is 5.75 Å². The predicted molar refractivity (Wildman–Crippen MR) is 90.2 cm³/mol. The molecule has 0 bridgehead atoms. The molecule has 0 saturated heterocycles. The largest absolute Gasteiger partial charge is 0.496 e. The Hall–Kier alpha value is -1.71. The normalized spacial score (nSPS) is 10.4. The highest BCUT2D eigenvalue weighted by atomic mass is 35.5. The number of aryl methyl sites for hydroxylation is 1. The van der Waals surface area contributed by atoms with E-state index in [1.807, 2.05) is 19.1 Å². The molecule has 0 heterocycles. The van der Waals surface area contributed by atoms with Gasteiger partial charge in [-0.25, -0.2) is 0 Å². The van der Waals surface area contributed by atoms with E-state index in [1.165, 1.54) is 0 Å². The van der Waals surface area contributed by atoms with Crippen molar-refractivity contribution in [2.75, 3.05) is 13.7 Å². The number of halogens is 2. The van der Waals surface area contributed by atoms with Gasteiger partial charge < -0.3 is 10.1 Å². The number of amides is 1. The van der Waals surface area contributed by atoms with Crippen LogP contribution in [0.15, 0.2) is 36.4 Å². The summed E-state index contributed by atoms with van der Waals surface area (Å²) in [7, 11) is 1.64. The molecule has 0 spiro atoms. The van der Waals surface area contributed by atoms with Gasteiger partial charge in [0.1, 0.15) is 5.75 Å². The lowest BCUT2D eigenvalue weighted by Crippen LogP contribution is -2.25. The fraction of sp³-hybridized carbons (Fsp3) is 0.235. The number of benzene rings is 2. The summed E-state index contributed by atoms with van der Waals surface area (Å²) in [6, 6.07) is 10.8. The zero-order chi connectivity index (χ0) is 16.1. The van der Waals surface area contributed by atoms with E-state index in [2.05, 4.69) is 11.4 Å². The van der Waals surface area contributed by atoms with E-state index in [-0.39, 0.29) is 5.91 Å². The van der Waals surface area contributed by atoms with E-state index in [1.54, 1.807) is 25.3 Å². The van der Waals surface area contributed by atoms with Crippen LogP contribution < -0.4 is 10.1 Å². The quantitative estimate of drug-likeness (QED) is 0.884. The number of carbonyl (C=O) groups excluding carboxylic acids is 1. The number of hydrogen-bond donors (Lipinski definition) is 1. The van der Waals surface area contributed by atoms with Gasteiger partial charge in [-0.2, -0.15) is 0 Å². The molecule has 0 radical (unpaired) electrons. The summed E-state index contributed by atoms with van der Waals surface area (Å²) in [4.78, 5) is 12.1. The molecule has 3 nitrogen and oxygen atoms in total. The average molecular weight is 338 g/mol. The maximum absolute atomic E-state index is 12.1. The molecule has 2 aromatic carbocycles. The van der Waals surface area contributed by atoms with Crippen LogP contribution in [-0.4, -0.2) is 19.6 Å². The standard InChI is InChI=1S/C17H17Cl2NO2/c1-11-3-6-16(22-2)12(9-11)7-8-20-17(21)13-4-5-14(18)15(19)10-13/h3-6,9-10H,7-8H2,1-2H3,(H,20,21). The number of methoxy groups -OCH3 is 1. The second kappa shape index (κ2) is 7.52. The van der Waals surface area contributed by atoms with Crippen LogP contribution in [0.3, 0.4) is 0 Å². The number of nitrogens with one attached hydrogen (secondary N) is 1. The molecule has 0 aliphatic heterocycles. The lowest BCUT2D eigenvalue weighted by Gasteiger charge is -2.10. The van der Waals surface area contributed by atoms with Crippen LogP contribution in [0.4, 0.5) is 0 Å². The first-order valence-electron chi connectivity index (χ1n) is 6.88. The number of hydrogen-bond acceptors (Lipinski definition) is 2. The molecule has 0 aliphatic rings. The summed E-state index contributed by atoms with van der Waals surface area (Å²) >= 11 is 11.8. The third kappa shape index (κ3) is 4.15. The summed E-state index contributed by atoms with van der Waals surface area (Å²) in [6.45, 7) is 2.54. The van der Waals surface area contributed by atoms with Crippen molar-refractivity contribution in [2.45, 2.75) is 13.3 Å². The van der Waals surface area contributed by atoms with Gasteiger partial charge in [0.2, 0.25) is 0 Å². The molecule has 116 valence electrons. The molecule has 2 rings (SSSR count). The van der Waals surface area contributed by atoms with Gasteiger partial charge in [0.15, 0.2) is 0 Å². The van der Waals surface area contributed by atoms with Crippen LogP contribution >= 0.6 is 23.2 Å². The lowest BCUT2D eigenvalue weighted by molar-refractivity contribution is 0.0954. The first-order valence-corrected chi connectivity index (χ1v) is 7.63. The fourth-order valence-corrected chi connectivity index (χ4v) is 2.45. The Bertz CT molecular complexity index is 686. The molecule has 0 saturated carbocycles. The Morgan fingerprint density at radius 3 is 2.59 bits per heavy atom. The smallest absolute Gasteiger partial charge is 0.251 e. The summed E-state index contributed by atoms with van der Waals surface area (Å²) in [5.74, 6) is 0.652. The van der Waals surface area contributed by atoms with Crippen molar-refractivity contribution in [3.63, 3.8) is 0 Å². The molecule has 1 N–H and O–H groups in total. The fourth-order valence-electron chi connectivity index (χ4n) is 2.15. The Kier molecular flexibility index (Phi) is 5.69. The van der Waals surface area contributed by atoms with Crippen molar-refractivity contribution in [1.82, 2.24) is 5.32 Å². The second-order valence-electron chi connectivity index (χ2n) is 4.95. The van der Waals surface area contributed by atoms with Gasteiger partial charge in [-0.1, -0.05) is 40.9 Å². The summed E-state index contributed by atoms with van der Waals surface area (Å²) in [6.07, 6.45) is 0.692. The average Bonchev–Trinajstić information content (AvgIpc) is 2.50. The predicted octanol–water partition coefficient (Wildman–Crippen LogP) is 4.28. The van der Waals surface area contributed by atoms with Gasteiger partial charge in [-0.15, -0.1) is 0 Å². The lowest BCUT2D eigenvalue weighted by atomic mass is 10.1. The van der Waals surface area contributed by atoms with Gasteiger partial charge in [0.25, 0.3) is 5.91 Å². The van der Waals surface area contributed by atoms with Crippen LogP contribution in [0.25, 0.3) is 0 Å². The van der Waals surface area contributed by atoms with Gasteiger partial charge in [-0.05, 0) is 43.2 Å². The van der Waals surface area contributed by atoms with Crippen LogP contribution in [0.1, 0.15) is 21.5 Å². The topological polar surface area (TPSA) is 38.3 Å². The number of rotatable bonds is 5. The summed E-state index contributed by atoms with van der Waals surface area (Å²) < 4.78 is 5.33. The van der Waals surface area contributed by atoms with E-state index in [9.17, 15) is 4.79 Å². The first kappa shape index (κ1) is 16.7. The Labute approximate surface area is 140 Å². The molecule has 0 aliphatic carbocycles. The minimum absolute atomic E-state index is 0.176. The summed E-state index contributed by atoms with van der Waals surface area (Å²) in [5, 5.41) is 3.67. The maximum Gasteiger partial charge on any atom is 0.251 e. The van der Waals surface area contributed by atoms with E-state index in [0.717, 1.165) is 16.9 Å². The van der Waals surface area contributed by atoms with Crippen molar-refractivity contribution in [3.05, 3.63) is 63.1 Å².